The van der Waals surface area contributed by atoms with Crippen LogP contribution in [0.3, 0.4) is 0 Å². The highest BCUT2D eigenvalue weighted by Gasteiger charge is 2.44. The van der Waals surface area contributed by atoms with Crippen molar-refractivity contribution < 1.29 is 24.2 Å². The number of ether oxygens (including phenoxy) is 1. The number of likely N-dealkylation sites (tertiary alicyclic amines) is 1. The van der Waals surface area contributed by atoms with E-state index in [-0.39, 0.29) is 31.4 Å². The van der Waals surface area contributed by atoms with E-state index >= 15 is 0 Å². The van der Waals surface area contributed by atoms with Gasteiger partial charge >= 0.3 is 12.1 Å². The molecule has 0 radical (unpaired) electrons. The number of rotatable bonds is 6. The highest BCUT2D eigenvalue weighted by Crippen LogP contribution is 2.44. The molecule has 0 aromatic heterocycles. The number of nitrogens with zero attached hydrogens (tertiary/aromatic N) is 1. The van der Waals surface area contributed by atoms with E-state index in [9.17, 15) is 19.5 Å². The zero-order valence-electron chi connectivity index (χ0n) is 19.0. The molecule has 2 aliphatic rings. The number of fused-ring (bicyclic) bond motifs is 3. The second-order valence-electron chi connectivity index (χ2n) is 9.42. The molecule has 2 amide bonds. The number of hydrogen-bond donors (Lipinski definition) is 2. The number of hydrogen-bond acceptors (Lipinski definition) is 4. The van der Waals surface area contributed by atoms with Crippen LogP contribution in [0.15, 0.2) is 48.5 Å². The molecule has 0 saturated carbocycles. The average molecular weight is 451 g/mol. The van der Waals surface area contributed by atoms with Crippen LogP contribution in [-0.2, 0) is 14.3 Å². The van der Waals surface area contributed by atoms with Gasteiger partial charge in [-0.05, 0) is 40.5 Å². The van der Waals surface area contributed by atoms with Crippen molar-refractivity contribution in [3.8, 4) is 11.1 Å². The molecule has 7 heteroatoms. The first-order chi connectivity index (χ1) is 15.8. The van der Waals surface area contributed by atoms with Gasteiger partial charge < -0.3 is 20.1 Å². The van der Waals surface area contributed by atoms with E-state index < -0.39 is 23.5 Å². The molecule has 0 spiro atoms. The van der Waals surface area contributed by atoms with E-state index in [4.69, 9.17) is 4.74 Å². The second kappa shape index (κ2) is 9.25. The number of carbonyl (C=O) groups is 3. The Kier molecular flexibility index (Phi) is 6.40. The van der Waals surface area contributed by atoms with E-state index in [1.807, 2.05) is 38.1 Å². The lowest BCUT2D eigenvalue weighted by atomic mass is 9.76. The normalized spacial score (nSPS) is 18.8. The molecule has 1 aliphatic carbocycles. The average Bonchev–Trinajstić information content (AvgIpc) is 3.10. The third-order valence-corrected chi connectivity index (χ3v) is 6.78. The van der Waals surface area contributed by atoms with Gasteiger partial charge in [-0.25, -0.2) is 9.59 Å². The minimum absolute atomic E-state index is 0.0308. The van der Waals surface area contributed by atoms with Crippen LogP contribution in [0.25, 0.3) is 11.1 Å². The van der Waals surface area contributed by atoms with E-state index in [0.717, 1.165) is 35.1 Å². The Morgan fingerprint density at radius 2 is 1.67 bits per heavy atom. The Morgan fingerprint density at radius 1 is 1.06 bits per heavy atom. The number of amides is 2. The van der Waals surface area contributed by atoms with Crippen molar-refractivity contribution >= 4 is 18.0 Å². The quantitative estimate of drug-likeness (QED) is 0.693. The first kappa shape index (κ1) is 22.8. The molecule has 1 fully saturated rings. The Morgan fingerprint density at radius 3 is 2.27 bits per heavy atom. The number of carboxylic acids is 1. The van der Waals surface area contributed by atoms with Crippen LogP contribution < -0.4 is 5.32 Å². The highest BCUT2D eigenvalue weighted by atomic mass is 16.5. The molecule has 4 rings (SSSR count). The van der Waals surface area contributed by atoms with Crippen LogP contribution in [0.5, 0.6) is 0 Å². The van der Waals surface area contributed by atoms with Gasteiger partial charge in [0.15, 0.2) is 0 Å². The maximum absolute atomic E-state index is 12.7. The summed E-state index contributed by atoms with van der Waals surface area (Å²) in [6.45, 7) is 4.47. The van der Waals surface area contributed by atoms with Crippen LogP contribution in [0, 0.1) is 5.41 Å². The molecule has 0 bridgehead atoms. The molecule has 174 valence electrons. The highest BCUT2D eigenvalue weighted by molar-refractivity contribution is 5.85. The van der Waals surface area contributed by atoms with Crippen molar-refractivity contribution in [2.75, 3.05) is 19.7 Å². The second-order valence-corrected chi connectivity index (χ2v) is 9.42. The predicted octanol–water partition coefficient (Wildman–Crippen LogP) is 4.02. The minimum atomic E-state index is -0.988. The SMILES string of the molecule is CC1(C)CCCN(C(=O)CCNC(=O)OCC2c3ccccc3-c3ccccc32)C1C(=O)O. The summed E-state index contributed by atoms with van der Waals surface area (Å²) in [6, 6.07) is 15.4. The van der Waals surface area contributed by atoms with Gasteiger partial charge in [-0.2, -0.15) is 0 Å². The first-order valence-electron chi connectivity index (χ1n) is 11.4. The summed E-state index contributed by atoms with van der Waals surface area (Å²) in [4.78, 5) is 38.2. The lowest BCUT2D eigenvalue weighted by Gasteiger charge is -2.44. The lowest BCUT2D eigenvalue weighted by molar-refractivity contribution is -0.158. The molecule has 7 nitrogen and oxygen atoms in total. The molecule has 1 heterocycles. The van der Waals surface area contributed by atoms with Crippen molar-refractivity contribution in [1.82, 2.24) is 10.2 Å². The molecule has 1 atom stereocenters. The Bertz CT molecular complexity index is 1020. The molecule has 1 saturated heterocycles. The van der Waals surface area contributed by atoms with Gasteiger partial charge in [0, 0.05) is 25.4 Å². The summed E-state index contributed by atoms with van der Waals surface area (Å²) >= 11 is 0. The maximum Gasteiger partial charge on any atom is 0.407 e. The summed E-state index contributed by atoms with van der Waals surface area (Å²) in [6.07, 6.45) is 0.969. The van der Waals surface area contributed by atoms with Gasteiger partial charge in [0.2, 0.25) is 5.91 Å². The minimum Gasteiger partial charge on any atom is -0.480 e. The Balaban J connectivity index is 1.30. The van der Waals surface area contributed by atoms with Crippen molar-refractivity contribution in [2.24, 2.45) is 5.41 Å². The summed E-state index contributed by atoms with van der Waals surface area (Å²) in [5.74, 6) is -1.29. The number of piperidine rings is 1. The molecule has 1 aliphatic heterocycles. The number of carboxylic acid groups (broad SMARTS) is 1. The summed E-state index contributed by atoms with van der Waals surface area (Å²) in [7, 11) is 0. The van der Waals surface area contributed by atoms with Crippen molar-refractivity contribution in [3.05, 3.63) is 59.7 Å². The van der Waals surface area contributed by atoms with Gasteiger partial charge in [-0.15, -0.1) is 0 Å². The number of alkyl carbamates (subject to hydrolysis) is 1. The Hall–Kier alpha value is -3.35. The number of benzene rings is 2. The van der Waals surface area contributed by atoms with Gasteiger partial charge in [-0.3, -0.25) is 4.79 Å². The number of aliphatic carboxylic acids is 1. The molecular weight excluding hydrogens is 420 g/mol. The lowest BCUT2D eigenvalue weighted by Crippen LogP contribution is -2.56. The topological polar surface area (TPSA) is 95.9 Å². The van der Waals surface area contributed by atoms with Gasteiger partial charge in [0.1, 0.15) is 12.6 Å². The van der Waals surface area contributed by atoms with Crippen LogP contribution >= 0.6 is 0 Å². The summed E-state index contributed by atoms with van der Waals surface area (Å²) < 4.78 is 5.49. The maximum atomic E-state index is 12.7. The largest absolute Gasteiger partial charge is 0.480 e. The fourth-order valence-electron chi connectivity index (χ4n) is 5.19. The number of nitrogens with one attached hydrogen (secondary N) is 1. The van der Waals surface area contributed by atoms with E-state index in [1.165, 1.54) is 4.90 Å². The third-order valence-electron chi connectivity index (χ3n) is 6.78. The number of carbonyl (C=O) groups excluding carboxylic acids is 2. The fraction of sp³-hybridized carbons (Fsp3) is 0.423. The summed E-state index contributed by atoms with van der Waals surface area (Å²) in [5.41, 5.74) is 4.10. The van der Waals surface area contributed by atoms with E-state index in [1.54, 1.807) is 0 Å². The standard InChI is InChI=1S/C26H30N2O5/c1-26(2)13-7-15-28(23(26)24(30)31)22(29)12-14-27-25(32)33-16-21-19-10-5-3-8-17(19)18-9-4-6-11-20(18)21/h3-6,8-11,21,23H,7,12-16H2,1-2H3,(H,27,32)(H,30,31). The van der Waals surface area contributed by atoms with Crippen molar-refractivity contribution in [3.63, 3.8) is 0 Å². The molecular formula is C26H30N2O5. The van der Waals surface area contributed by atoms with E-state index in [0.29, 0.717) is 6.54 Å². The molecule has 33 heavy (non-hydrogen) atoms. The van der Waals surface area contributed by atoms with Crippen molar-refractivity contribution in [2.45, 2.75) is 45.1 Å². The monoisotopic (exact) mass is 450 g/mol. The first-order valence-corrected chi connectivity index (χ1v) is 11.4. The molecule has 2 N–H and O–H groups in total. The fourth-order valence-corrected chi connectivity index (χ4v) is 5.19. The zero-order chi connectivity index (χ0) is 23.6. The van der Waals surface area contributed by atoms with Crippen LogP contribution in [0.4, 0.5) is 4.79 Å². The molecule has 1 unspecified atom stereocenters. The van der Waals surface area contributed by atoms with Gasteiger partial charge in [0.25, 0.3) is 0 Å². The Labute approximate surface area is 193 Å². The van der Waals surface area contributed by atoms with Gasteiger partial charge in [0.05, 0.1) is 0 Å². The van der Waals surface area contributed by atoms with Crippen molar-refractivity contribution in [1.29, 1.82) is 0 Å². The molecule has 2 aromatic carbocycles. The van der Waals surface area contributed by atoms with Crippen LogP contribution in [0.2, 0.25) is 0 Å². The third kappa shape index (κ3) is 4.58. The van der Waals surface area contributed by atoms with Gasteiger partial charge in [-0.1, -0.05) is 62.4 Å². The zero-order valence-corrected chi connectivity index (χ0v) is 19.0. The van der Waals surface area contributed by atoms with E-state index in [2.05, 4.69) is 29.6 Å². The van der Waals surface area contributed by atoms with Crippen LogP contribution in [-0.4, -0.2) is 53.7 Å². The molecule has 2 aromatic rings. The smallest absolute Gasteiger partial charge is 0.407 e. The predicted molar refractivity (Wildman–Crippen MR) is 124 cm³/mol. The van der Waals surface area contributed by atoms with Crippen LogP contribution in [0.1, 0.15) is 50.2 Å². The summed E-state index contributed by atoms with van der Waals surface area (Å²) in [5, 5.41) is 12.3.